The summed E-state index contributed by atoms with van der Waals surface area (Å²) in [5, 5.41) is 3.64. The second kappa shape index (κ2) is 6.58. The predicted molar refractivity (Wildman–Crippen MR) is 92.6 cm³/mol. The van der Waals surface area contributed by atoms with Gasteiger partial charge in [0, 0.05) is 18.6 Å². The number of hydrogen-bond donors (Lipinski definition) is 1. The molecule has 0 aromatic rings. The smallest absolute Gasteiger partial charge is 0.0156 e. The van der Waals surface area contributed by atoms with Crippen LogP contribution in [0.5, 0.6) is 0 Å². The molecule has 2 unspecified atom stereocenters. The summed E-state index contributed by atoms with van der Waals surface area (Å²) in [5.41, 5.74) is 1.03. The van der Waals surface area contributed by atoms with Gasteiger partial charge in [0.15, 0.2) is 0 Å². The molecule has 2 aliphatic rings. The first-order valence-electron chi connectivity index (χ1n) is 9.13. The second-order valence-electron chi connectivity index (χ2n) is 9.24. The molecule has 2 nitrogen and oxygen atoms in total. The lowest BCUT2D eigenvalue weighted by molar-refractivity contribution is 0.0604. The Morgan fingerprint density at radius 2 is 1.62 bits per heavy atom. The molecule has 0 bridgehead atoms. The van der Waals surface area contributed by atoms with Crippen LogP contribution in [0.25, 0.3) is 0 Å². The van der Waals surface area contributed by atoms with E-state index in [4.69, 9.17) is 0 Å². The van der Waals surface area contributed by atoms with Gasteiger partial charge in [0.1, 0.15) is 0 Å². The molecule has 21 heavy (non-hydrogen) atoms. The summed E-state index contributed by atoms with van der Waals surface area (Å²) in [5.74, 6) is 0.818. The van der Waals surface area contributed by atoms with Gasteiger partial charge in [-0.3, -0.25) is 0 Å². The molecule has 0 spiro atoms. The SMILES string of the molecule is CNC1C(CN(C)C2CCC(C)(C)CC2)CCCC1(C)C. The minimum atomic E-state index is 0.451. The van der Waals surface area contributed by atoms with Crippen molar-refractivity contribution in [1.29, 1.82) is 0 Å². The van der Waals surface area contributed by atoms with Crippen LogP contribution in [-0.4, -0.2) is 37.6 Å². The lowest BCUT2D eigenvalue weighted by Gasteiger charge is -2.47. The summed E-state index contributed by atoms with van der Waals surface area (Å²) in [6.45, 7) is 11.0. The lowest BCUT2D eigenvalue weighted by Crippen LogP contribution is -2.52. The largest absolute Gasteiger partial charge is 0.316 e. The molecule has 2 aliphatic carbocycles. The van der Waals surface area contributed by atoms with Crippen LogP contribution in [-0.2, 0) is 0 Å². The van der Waals surface area contributed by atoms with Gasteiger partial charge >= 0.3 is 0 Å². The summed E-state index contributed by atoms with van der Waals surface area (Å²) in [6.07, 6.45) is 9.75. The van der Waals surface area contributed by atoms with Gasteiger partial charge in [0.25, 0.3) is 0 Å². The quantitative estimate of drug-likeness (QED) is 0.831. The highest BCUT2D eigenvalue weighted by molar-refractivity contribution is 4.94. The minimum Gasteiger partial charge on any atom is -0.316 e. The number of nitrogens with zero attached hydrogens (tertiary/aromatic N) is 1. The van der Waals surface area contributed by atoms with E-state index in [1.165, 1.54) is 51.5 Å². The average Bonchev–Trinajstić information content (AvgIpc) is 2.37. The van der Waals surface area contributed by atoms with Crippen molar-refractivity contribution in [3.8, 4) is 0 Å². The number of hydrogen-bond acceptors (Lipinski definition) is 2. The molecule has 2 fully saturated rings. The molecule has 1 N–H and O–H groups in total. The van der Waals surface area contributed by atoms with E-state index in [0.29, 0.717) is 16.9 Å². The van der Waals surface area contributed by atoms with E-state index in [9.17, 15) is 0 Å². The van der Waals surface area contributed by atoms with Crippen molar-refractivity contribution in [2.45, 2.75) is 84.7 Å². The summed E-state index contributed by atoms with van der Waals surface area (Å²) in [7, 11) is 4.53. The third-order valence-electron chi connectivity index (χ3n) is 6.47. The summed E-state index contributed by atoms with van der Waals surface area (Å²) >= 11 is 0. The molecule has 124 valence electrons. The van der Waals surface area contributed by atoms with Gasteiger partial charge in [0.05, 0.1) is 0 Å². The maximum Gasteiger partial charge on any atom is 0.0156 e. The molecule has 0 saturated heterocycles. The average molecular weight is 295 g/mol. The van der Waals surface area contributed by atoms with Crippen LogP contribution in [0, 0.1) is 16.7 Å². The highest BCUT2D eigenvalue weighted by atomic mass is 15.1. The van der Waals surface area contributed by atoms with Gasteiger partial charge < -0.3 is 10.2 Å². The Balaban J connectivity index is 1.91. The molecule has 0 aromatic carbocycles. The summed E-state index contributed by atoms with van der Waals surface area (Å²) in [4.78, 5) is 2.69. The molecule has 0 aromatic heterocycles. The van der Waals surface area contributed by atoms with Crippen molar-refractivity contribution < 1.29 is 0 Å². The summed E-state index contributed by atoms with van der Waals surface area (Å²) < 4.78 is 0. The van der Waals surface area contributed by atoms with Crippen molar-refractivity contribution in [2.75, 3.05) is 20.6 Å². The van der Waals surface area contributed by atoms with E-state index < -0.39 is 0 Å². The van der Waals surface area contributed by atoms with Crippen LogP contribution in [0.3, 0.4) is 0 Å². The van der Waals surface area contributed by atoms with Gasteiger partial charge in [-0.05, 0) is 69.4 Å². The van der Waals surface area contributed by atoms with Crippen LogP contribution in [0.15, 0.2) is 0 Å². The summed E-state index contributed by atoms with van der Waals surface area (Å²) in [6, 6.07) is 1.49. The van der Waals surface area contributed by atoms with E-state index in [1.807, 2.05) is 0 Å². The van der Waals surface area contributed by atoms with Crippen LogP contribution in [0.2, 0.25) is 0 Å². The van der Waals surface area contributed by atoms with Crippen molar-refractivity contribution in [1.82, 2.24) is 10.2 Å². The zero-order chi connectivity index (χ0) is 15.7. The Labute approximate surface area is 133 Å². The number of nitrogens with one attached hydrogen (secondary N) is 1. The Hall–Kier alpha value is -0.0800. The Kier molecular flexibility index (Phi) is 5.41. The Morgan fingerprint density at radius 1 is 1.00 bits per heavy atom. The van der Waals surface area contributed by atoms with E-state index >= 15 is 0 Å². The van der Waals surface area contributed by atoms with E-state index in [1.54, 1.807) is 0 Å². The maximum absolute atomic E-state index is 3.64. The number of rotatable bonds is 4. The van der Waals surface area contributed by atoms with Crippen LogP contribution < -0.4 is 5.32 Å². The molecule has 2 heteroatoms. The van der Waals surface area contributed by atoms with Gasteiger partial charge in [-0.25, -0.2) is 0 Å². The molecular weight excluding hydrogens is 256 g/mol. The fourth-order valence-electron chi connectivity index (χ4n) is 4.95. The molecule has 0 aliphatic heterocycles. The molecule has 2 atom stereocenters. The predicted octanol–water partition coefficient (Wildman–Crippen LogP) is 4.30. The van der Waals surface area contributed by atoms with Crippen LogP contribution >= 0.6 is 0 Å². The van der Waals surface area contributed by atoms with Crippen LogP contribution in [0.4, 0.5) is 0 Å². The normalized spacial score (nSPS) is 33.3. The maximum atomic E-state index is 3.64. The van der Waals surface area contributed by atoms with E-state index in [2.05, 4.69) is 52.0 Å². The minimum absolute atomic E-state index is 0.451. The lowest BCUT2D eigenvalue weighted by atomic mass is 9.67. The first-order chi connectivity index (χ1) is 9.75. The Morgan fingerprint density at radius 3 is 2.19 bits per heavy atom. The zero-order valence-corrected chi connectivity index (χ0v) is 15.3. The third kappa shape index (κ3) is 4.22. The highest BCUT2D eigenvalue weighted by Gasteiger charge is 2.39. The fourth-order valence-corrected chi connectivity index (χ4v) is 4.95. The second-order valence-corrected chi connectivity index (χ2v) is 9.24. The molecule has 0 amide bonds. The van der Waals surface area contributed by atoms with Crippen molar-refractivity contribution in [2.24, 2.45) is 16.7 Å². The van der Waals surface area contributed by atoms with Gasteiger partial charge in [-0.15, -0.1) is 0 Å². The first-order valence-corrected chi connectivity index (χ1v) is 9.13. The van der Waals surface area contributed by atoms with Gasteiger partial charge in [-0.2, -0.15) is 0 Å². The third-order valence-corrected chi connectivity index (χ3v) is 6.47. The Bertz CT molecular complexity index is 324. The molecule has 0 radical (unpaired) electrons. The van der Waals surface area contributed by atoms with Gasteiger partial charge in [-0.1, -0.05) is 34.1 Å². The zero-order valence-electron chi connectivity index (χ0n) is 15.3. The molecule has 2 saturated carbocycles. The monoisotopic (exact) mass is 294 g/mol. The molecular formula is C19H38N2. The van der Waals surface area contributed by atoms with Crippen LogP contribution in [0.1, 0.15) is 72.6 Å². The topological polar surface area (TPSA) is 15.3 Å². The van der Waals surface area contributed by atoms with E-state index in [-0.39, 0.29) is 0 Å². The van der Waals surface area contributed by atoms with Crippen molar-refractivity contribution in [3.63, 3.8) is 0 Å². The van der Waals surface area contributed by atoms with Crippen molar-refractivity contribution >= 4 is 0 Å². The molecule has 0 heterocycles. The fraction of sp³-hybridized carbons (Fsp3) is 1.00. The first kappa shape index (κ1) is 17.3. The highest BCUT2D eigenvalue weighted by Crippen LogP contribution is 2.40. The van der Waals surface area contributed by atoms with Gasteiger partial charge in [0.2, 0.25) is 0 Å². The molecule has 2 rings (SSSR count). The van der Waals surface area contributed by atoms with Crippen molar-refractivity contribution in [3.05, 3.63) is 0 Å². The van der Waals surface area contributed by atoms with E-state index in [0.717, 1.165) is 12.0 Å². The standard InChI is InChI=1S/C19H38N2/c1-18(2)12-9-16(10-13-18)21(6)14-15-8-7-11-19(3,4)17(15)20-5/h15-17,20H,7-14H2,1-6H3.